The van der Waals surface area contributed by atoms with Gasteiger partial charge in [0.25, 0.3) is 5.91 Å². The number of carbonyl (C=O) groups is 1. The fourth-order valence-corrected chi connectivity index (χ4v) is 3.40. The lowest BCUT2D eigenvalue weighted by Crippen LogP contribution is -2.53. The van der Waals surface area contributed by atoms with E-state index in [0.717, 1.165) is 6.08 Å². The molecule has 0 aliphatic carbocycles. The quantitative estimate of drug-likeness (QED) is 0.839. The smallest absolute Gasteiger partial charge is 0.410 e. The summed E-state index contributed by atoms with van der Waals surface area (Å²) in [5, 5.41) is 0. The first-order valence-electron chi connectivity index (χ1n) is 6.50. The molecular formula is C14H14F3NO4S. The van der Waals surface area contributed by atoms with Gasteiger partial charge in [0.05, 0.1) is 13.4 Å². The van der Waals surface area contributed by atoms with E-state index in [1.54, 1.807) is 0 Å². The molecule has 1 aromatic rings. The molecule has 0 radical (unpaired) electrons. The summed E-state index contributed by atoms with van der Waals surface area (Å²) in [7, 11) is -2.92. The van der Waals surface area contributed by atoms with Crippen molar-refractivity contribution in [3.63, 3.8) is 0 Å². The van der Waals surface area contributed by atoms with E-state index in [-0.39, 0.29) is 9.88 Å². The number of methoxy groups -OCH3 is 1. The van der Waals surface area contributed by atoms with Crippen molar-refractivity contribution in [1.82, 2.24) is 4.31 Å². The number of ether oxygens (including phenoxy) is 1. The van der Waals surface area contributed by atoms with Crippen molar-refractivity contribution in [1.29, 1.82) is 0 Å². The Morgan fingerprint density at radius 2 is 1.78 bits per heavy atom. The molecule has 1 amide bonds. The summed E-state index contributed by atoms with van der Waals surface area (Å²) in [5.41, 5.74) is 0.239. The van der Waals surface area contributed by atoms with Gasteiger partial charge in [0.1, 0.15) is 11.8 Å². The number of benzene rings is 1. The van der Waals surface area contributed by atoms with Crippen LogP contribution < -0.4 is 4.74 Å². The number of sulfonamides is 1. The molecular weight excluding hydrogens is 335 g/mol. The highest BCUT2D eigenvalue weighted by atomic mass is 32.2. The van der Waals surface area contributed by atoms with Gasteiger partial charge in [-0.2, -0.15) is 13.2 Å². The second kappa shape index (κ2) is 5.88. The van der Waals surface area contributed by atoms with Crippen LogP contribution in [0, 0.1) is 0 Å². The van der Waals surface area contributed by atoms with Crippen LogP contribution in [-0.4, -0.2) is 44.2 Å². The molecule has 0 aromatic heterocycles. The summed E-state index contributed by atoms with van der Waals surface area (Å²) in [6.07, 6.45) is -3.76. The Morgan fingerprint density at radius 1 is 1.22 bits per heavy atom. The number of rotatable bonds is 3. The molecule has 0 N–H and O–H groups in total. The molecule has 1 aromatic carbocycles. The first kappa shape index (κ1) is 17.3. The predicted molar refractivity (Wildman–Crippen MR) is 77.1 cm³/mol. The molecule has 1 unspecified atom stereocenters. The van der Waals surface area contributed by atoms with Crippen LogP contribution in [-0.2, 0) is 14.8 Å². The summed E-state index contributed by atoms with van der Waals surface area (Å²) < 4.78 is 67.3. The maximum Gasteiger partial charge on any atom is 0.410 e. The van der Waals surface area contributed by atoms with Crippen molar-refractivity contribution in [2.24, 2.45) is 0 Å². The normalized spacial score (nSPS) is 19.5. The van der Waals surface area contributed by atoms with Crippen molar-refractivity contribution < 1.29 is 31.1 Å². The first-order chi connectivity index (χ1) is 10.6. The summed E-state index contributed by atoms with van der Waals surface area (Å²) in [6, 6.07) is 3.65. The fourth-order valence-electron chi connectivity index (χ4n) is 2.33. The lowest BCUT2D eigenvalue weighted by molar-refractivity contribution is -0.175. The molecule has 0 bridgehead atoms. The Balaban J connectivity index is 2.47. The number of alkyl halides is 3. The summed E-state index contributed by atoms with van der Waals surface area (Å²) >= 11 is 0. The van der Waals surface area contributed by atoms with Crippen LogP contribution in [0.25, 0.3) is 5.57 Å². The lowest BCUT2D eigenvalue weighted by Gasteiger charge is -2.34. The van der Waals surface area contributed by atoms with Crippen molar-refractivity contribution in [3.05, 3.63) is 35.9 Å². The van der Waals surface area contributed by atoms with Gasteiger partial charge >= 0.3 is 6.18 Å². The Labute approximate surface area is 131 Å². The SMILES string of the molecule is COc1ccc(C2=CCC(C(F)(F)F)N(S(C)(=O)=O)C2=O)cc1. The van der Waals surface area contributed by atoms with Gasteiger partial charge in [-0.1, -0.05) is 18.2 Å². The van der Waals surface area contributed by atoms with Crippen LogP contribution in [0.3, 0.4) is 0 Å². The summed E-state index contributed by atoms with van der Waals surface area (Å²) in [5.74, 6) is -0.683. The fraction of sp³-hybridized carbons (Fsp3) is 0.357. The number of carbonyl (C=O) groups excluding carboxylic acids is 1. The molecule has 23 heavy (non-hydrogen) atoms. The van der Waals surface area contributed by atoms with Gasteiger partial charge in [0.15, 0.2) is 0 Å². The standard InChI is InChI=1S/C14H14F3NO4S/c1-22-10-5-3-9(4-6-10)11-7-8-12(14(15,16)17)18(13(11)19)23(2,20)21/h3-7,12H,8H2,1-2H3. The topological polar surface area (TPSA) is 63.7 Å². The largest absolute Gasteiger partial charge is 0.497 e. The maximum absolute atomic E-state index is 13.0. The Bertz CT molecular complexity index is 738. The first-order valence-corrected chi connectivity index (χ1v) is 8.35. The van der Waals surface area contributed by atoms with Crippen LogP contribution in [0.5, 0.6) is 5.75 Å². The molecule has 5 nitrogen and oxygen atoms in total. The van der Waals surface area contributed by atoms with Gasteiger partial charge < -0.3 is 4.74 Å². The third-order valence-corrected chi connectivity index (χ3v) is 4.53. The van der Waals surface area contributed by atoms with Gasteiger partial charge in [-0.3, -0.25) is 4.79 Å². The molecule has 1 heterocycles. The van der Waals surface area contributed by atoms with E-state index >= 15 is 0 Å². The van der Waals surface area contributed by atoms with Crippen molar-refractivity contribution in [2.45, 2.75) is 18.6 Å². The zero-order chi connectivity index (χ0) is 17.4. The van der Waals surface area contributed by atoms with Crippen LogP contribution in [0.1, 0.15) is 12.0 Å². The third-order valence-electron chi connectivity index (χ3n) is 3.40. The van der Waals surface area contributed by atoms with E-state index in [4.69, 9.17) is 4.74 Å². The predicted octanol–water partition coefficient (Wildman–Crippen LogP) is 2.20. The van der Waals surface area contributed by atoms with Gasteiger partial charge in [0, 0.05) is 5.57 Å². The number of nitrogens with zero attached hydrogens (tertiary/aromatic N) is 1. The molecule has 1 aliphatic rings. The molecule has 0 fully saturated rings. The third kappa shape index (κ3) is 3.49. The Hall–Kier alpha value is -2.03. The molecule has 1 atom stereocenters. The Kier molecular flexibility index (Phi) is 4.43. The Morgan fingerprint density at radius 3 is 2.22 bits per heavy atom. The summed E-state index contributed by atoms with van der Waals surface area (Å²) in [6.45, 7) is 0. The van der Waals surface area contributed by atoms with Gasteiger partial charge in [0.2, 0.25) is 10.0 Å². The van der Waals surface area contributed by atoms with Crippen LogP contribution in [0.15, 0.2) is 30.3 Å². The molecule has 0 saturated carbocycles. The van der Waals surface area contributed by atoms with E-state index in [1.165, 1.54) is 31.4 Å². The average molecular weight is 349 g/mol. The van der Waals surface area contributed by atoms with Gasteiger partial charge in [-0.25, -0.2) is 12.7 Å². The van der Waals surface area contributed by atoms with Crippen LogP contribution >= 0.6 is 0 Å². The van der Waals surface area contributed by atoms with E-state index in [0.29, 0.717) is 17.6 Å². The average Bonchev–Trinajstić information content (AvgIpc) is 2.45. The number of hydrogen-bond donors (Lipinski definition) is 0. The van der Waals surface area contributed by atoms with Crippen molar-refractivity contribution >= 4 is 21.5 Å². The van der Waals surface area contributed by atoms with Crippen molar-refractivity contribution in [2.75, 3.05) is 13.4 Å². The molecule has 0 saturated heterocycles. The monoisotopic (exact) mass is 349 g/mol. The molecule has 2 rings (SSSR count). The van der Waals surface area contributed by atoms with Crippen molar-refractivity contribution in [3.8, 4) is 5.75 Å². The van der Waals surface area contributed by atoms with E-state index in [1.807, 2.05) is 0 Å². The van der Waals surface area contributed by atoms with E-state index in [9.17, 15) is 26.4 Å². The lowest BCUT2D eigenvalue weighted by atomic mass is 9.98. The van der Waals surface area contributed by atoms with E-state index in [2.05, 4.69) is 0 Å². The summed E-state index contributed by atoms with van der Waals surface area (Å²) in [4.78, 5) is 12.3. The molecule has 126 valence electrons. The minimum Gasteiger partial charge on any atom is -0.497 e. The molecule has 0 spiro atoms. The highest BCUT2D eigenvalue weighted by Crippen LogP contribution is 2.36. The van der Waals surface area contributed by atoms with Crippen LogP contribution in [0.4, 0.5) is 13.2 Å². The zero-order valence-corrected chi connectivity index (χ0v) is 13.1. The van der Waals surface area contributed by atoms with Gasteiger partial charge in [-0.05, 0) is 24.1 Å². The molecule has 9 heteroatoms. The highest BCUT2D eigenvalue weighted by Gasteiger charge is 2.50. The number of amides is 1. The number of halogens is 3. The molecule has 1 aliphatic heterocycles. The maximum atomic E-state index is 13.0. The second-order valence-corrected chi connectivity index (χ2v) is 6.86. The van der Waals surface area contributed by atoms with Crippen LogP contribution in [0.2, 0.25) is 0 Å². The minimum absolute atomic E-state index is 0.0846. The highest BCUT2D eigenvalue weighted by molar-refractivity contribution is 7.89. The minimum atomic E-state index is -4.83. The number of hydrogen-bond acceptors (Lipinski definition) is 4. The zero-order valence-electron chi connectivity index (χ0n) is 12.3. The van der Waals surface area contributed by atoms with Gasteiger partial charge in [-0.15, -0.1) is 0 Å². The second-order valence-electron chi connectivity index (χ2n) is 5.00. The van der Waals surface area contributed by atoms with E-state index < -0.39 is 34.6 Å².